The van der Waals surface area contributed by atoms with Crippen LogP contribution in [-0.4, -0.2) is 51.4 Å². The summed E-state index contributed by atoms with van der Waals surface area (Å²) in [5, 5.41) is 12.8. The van der Waals surface area contributed by atoms with Crippen molar-refractivity contribution in [3.8, 4) is 17.1 Å². The van der Waals surface area contributed by atoms with Gasteiger partial charge in [0.05, 0.1) is 18.6 Å². The summed E-state index contributed by atoms with van der Waals surface area (Å²) in [6, 6.07) is 19.0. The molecule has 0 saturated heterocycles. The van der Waals surface area contributed by atoms with Gasteiger partial charge in [0, 0.05) is 41.3 Å². The van der Waals surface area contributed by atoms with E-state index in [4.69, 9.17) is 16.3 Å². The van der Waals surface area contributed by atoms with Crippen molar-refractivity contribution in [1.29, 1.82) is 0 Å². The highest BCUT2D eigenvalue weighted by Gasteiger charge is 2.28. The number of methoxy groups -OCH3 is 1. The van der Waals surface area contributed by atoms with Crippen LogP contribution in [0.2, 0.25) is 5.02 Å². The monoisotopic (exact) mass is 734 g/mol. The fourth-order valence-electron chi connectivity index (χ4n) is 7.69. The summed E-state index contributed by atoms with van der Waals surface area (Å²) in [6.45, 7) is 1.96. The number of allylic oxidation sites excluding steroid dienone is 2. The minimum Gasteiger partial charge on any atom is -0.495 e. The Balaban J connectivity index is 1.03. The smallest absolute Gasteiger partial charge is 0.323 e. The van der Waals surface area contributed by atoms with E-state index in [1.165, 1.54) is 56.1 Å². The topological polar surface area (TPSA) is 122 Å². The number of anilines is 1. The van der Waals surface area contributed by atoms with Crippen molar-refractivity contribution in [2.75, 3.05) is 19.0 Å². The molecule has 1 atom stereocenters. The van der Waals surface area contributed by atoms with Crippen LogP contribution in [0.15, 0.2) is 85.2 Å². The molecular weight excluding hydrogens is 688 g/mol. The highest BCUT2D eigenvalue weighted by atomic mass is 35.5. The second kappa shape index (κ2) is 17.7. The molecule has 2 aliphatic carbocycles. The number of halogens is 1. The van der Waals surface area contributed by atoms with E-state index in [9.17, 15) is 19.5 Å². The third-order valence-electron chi connectivity index (χ3n) is 10.8. The molecule has 1 heterocycles. The number of carbonyl (C=O) groups is 3. The van der Waals surface area contributed by atoms with Gasteiger partial charge in [-0.25, -0.2) is 9.97 Å². The maximum atomic E-state index is 13.4. The number of hydrogen-bond donors (Lipinski definition) is 2. The highest BCUT2D eigenvalue weighted by Crippen LogP contribution is 2.41. The number of nitrogens with zero attached hydrogens (tertiary/aromatic N) is 3. The van der Waals surface area contributed by atoms with Gasteiger partial charge in [0.2, 0.25) is 5.91 Å². The molecule has 1 aromatic heterocycles. The number of aromatic nitrogens is 2. The van der Waals surface area contributed by atoms with Crippen LogP contribution in [0.1, 0.15) is 85.3 Å². The van der Waals surface area contributed by atoms with Crippen LogP contribution in [0.4, 0.5) is 5.69 Å². The lowest BCUT2D eigenvalue weighted by atomic mass is 9.71. The Labute approximate surface area is 316 Å². The molecule has 0 bridgehead atoms. The zero-order valence-corrected chi connectivity index (χ0v) is 31.1. The number of ether oxygens (including phenoxy) is 1. The number of carbonyl (C=O) groups excluding carboxylic acids is 2. The molecule has 2 N–H and O–H groups in total. The summed E-state index contributed by atoms with van der Waals surface area (Å²) in [4.78, 5) is 48.4. The molecule has 3 aromatic carbocycles. The molecule has 4 aromatic rings. The van der Waals surface area contributed by atoms with Gasteiger partial charge in [-0.1, -0.05) is 74.2 Å². The second-order valence-corrected chi connectivity index (χ2v) is 14.7. The second-order valence-electron chi connectivity index (χ2n) is 14.3. The molecule has 2 aliphatic rings. The van der Waals surface area contributed by atoms with Gasteiger partial charge in [-0.3, -0.25) is 14.4 Å². The van der Waals surface area contributed by atoms with E-state index in [1.807, 2.05) is 36.7 Å². The van der Waals surface area contributed by atoms with Crippen LogP contribution in [0, 0.1) is 17.8 Å². The fourth-order valence-corrected chi connectivity index (χ4v) is 7.97. The van der Waals surface area contributed by atoms with Crippen LogP contribution in [0.25, 0.3) is 17.0 Å². The van der Waals surface area contributed by atoms with Crippen LogP contribution in [0.5, 0.6) is 5.75 Å². The van der Waals surface area contributed by atoms with E-state index in [1.54, 1.807) is 42.5 Å². The molecule has 1 fully saturated rings. The molecule has 2 amide bonds. The Morgan fingerprint density at radius 3 is 2.19 bits per heavy atom. The maximum absolute atomic E-state index is 13.4. The number of carboxylic acids is 1. The van der Waals surface area contributed by atoms with E-state index >= 15 is 0 Å². The first-order chi connectivity index (χ1) is 25.7. The first kappa shape index (κ1) is 37.7. The average Bonchev–Trinajstić information content (AvgIpc) is 3.18. The van der Waals surface area contributed by atoms with Gasteiger partial charge < -0.3 is 20.1 Å². The summed E-state index contributed by atoms with van der Waals surface area (Å²) in [5.41, 5.74) is 5.56. The first-order valence-electron chi connectivity index (χ1n) is 18.5. The van der Waals surface area contributed by atoms with Crippen molar-refractivity contribution in [2.45, 2.75) is 71.3 Å². The number of rotatable bonds is 13. The van der Waals surface area contributed by atoms with Gasteiger partial charge in [0.1, 0.15) is 12.3 Å². The molecule has 0 aliphatic heterocycles. The van der Waals surface area contributed by atoms with Gasteiger partial charge in [-0.15, -0.1) is 0 Å². The summed E-state index contributed by atoms with van der Waals surface area (Å²) in [6.07, 6.45) is 16.7. The zero-order valence-electron chi connectivity index (χ0n) is 30.4. The molecule has 276 valence electrons. The Morgan fingerprint density at radius 1 is 0.887 bits per heavy atom. The minimum absolute atomic E-state index is 0.101. The maximum Gasteiger partial charge on any atom is 0.323 e. The van der Waals surface area contributed by atoms with Crippen LogP contribution < -0.4 is 10.1 Å². The Kier molecular flexibility index (Phi) is 12.6. The van der Waals surface area contributed by atoms with Crippen molar-refractivity contribution in [2.24, 2.45) is 17.8 Å². The highest BCUT2D eigenvalue weighted by molar-refractivity contribution is 6.32. The number of carboxylic acid groups (broad SMARTS) is 1. The van der Waals surface area contributed by atoms with Crippen LogP contribution in [-0.2, 0) is 22.6 Å². The van der Waals surface area contributed by atoms with Crippen molar-refractivity contribution >= 4 is 40.6 Å². The lowest BCUT2D eigenvalue weighted by Gasteiger charge is -2.35. The van der Waals surface area contributed by atoms with Crippen molar-refractivity contribution in [1.82, 2.24) is 14.9 Å². The molecule has 10 heteroatoms. The number of nitrogens with one attached hydrogen (secondary N) is 1. The summed E-state index contributed by atoms with van der Waals surface area (Å²) in [5.74, 6) is 1.94. The first-order valence-corrected chi connectivity index (χ1v) is 18.9. The quantitative estimate of drug-likeness (QED) is 0.141. The predicted molar refractivity (Wildman–Crippen MR) is 208 cm³/mol. The molecule has 9 nitrogen and oxygen atoms in total. The van der Waals surface area contributed by atoms with Crippen molar-refractivity contribution in [3.05, 3.63) is 112 Å². The molecule has 1 saturated carbocycles. The Bertz CT molecular complexity index is 1920. The number of benzene rings is 3. The Hall–Kier alpha value is -5.02. The van der Waals surface area contributed by atoms with Gasteiger partial charge >= 0.3 is 5.97 Å². The largest absolute Gasteiger partial charge is 0.495 e. The van der Waals surface area contributed by atoms with E-state index in [0.29, 0.717) is 27.8 Å². The number of hydrogen-bond acceptors (Lipinski definition) is 6. The van der Waals surface area contributed by atoms with Crippen molar-refractivity contribution in [3.63, 3.8) is 0 Å². The summed E-state index contributed by atoms with van der Waals surface area (Å²) in [7, 11) is 1.52. The minimum atomic E-state index is -1.12. The fraction of sp³-hybridized carbons (Fsp3) is 0.372. The van der Waals surface area contributed by atoms with E-state index in [-0.39, 0.29) is 18.9 Å². The van der Waals surface area contributed by atoms with Gasteiger partial charge in [0.15, 0.2) is 5.82 Å². The summed E-state index contributed by atoms with van der Waals surface area (Å²) >= 11 is 6.18. The Morgan fingerprint density at radius 2 is 1.58 bits per heavy atom. The van der Waals surface area contributed by atoms with E-state index < -0.39 is 18.4 Å². The average molecular weight is 735 g/mol. The number of amides is 2. The van der Waals surface area contributed by atoms with Gasteiger partial charge in [-0.05, 0) is 103 Å². The zero-order chi connectivity index (χ0) is 37.3. The standard InChI is InChI=1S/C43H47ClN4O5/c1-3-28-4-9-31(10-5-28)32-13-15-33(16-14-32)36-24-45-42(46-25-36)34-11-6-29(7-12-34)26-48(27-41(50)51)43(52)35-17-19-37(20-18-35)47-40(49)23-30-8-21-39(53-2)38(44)22-30/h6-8,11-12,15,17-22,24-25,28,31-32H,3-5,9-10,13-14,16,23,26-27H2,1-2H3,(H,47,49)(H,50,51). The lowest BCUT2D eigenvalue weighted by molar-refractivity contribution is -0.137. The molecule has 0 spiro atoms. The molecule has 53 heavy (non-hydrogen) atoms. The number of aliphatic carboxylic acids is 1. The molecule has 0 radical (unpaired) electrons. The molecule has 1 unspecified atom stereocenters. The van der Waals surface area contributed by atoms with Crippen molar-refractivity contribution < 1.29 is 24.2 Å². The third-order valence-corrected chi connectivity index (χ3v) is 11.1. The SMILES string of the molecule is CCC1CCC(C2CC=C(c3cnc(-c4ccc(CN(CC(=O)O)C(=O)c5ccc(NC(=O)Cc6ccc(OC)c(Cl)c6)cc5)cc4)nc3)CC2)CC1. The van der Waals surface area contributed by atoms with E-state index in [2.05, 4.69) is 28.3 Å². The molecular formula is C43H47ClN4O5. The normalized spacial score (nSPS) is 18.5. The van der Waals surface area contributed by atoms with E-state index in [0.717, 1.165) is 52.8 Å². The summed E-state index contributed by atoms with van der Waals surface area (Å²) < 4.78 is 5.16. The van der Waals surface area contributed by atoms with Crippen LogP contribution >= 0.6 is 11.6 Å². The molecule has 6 rings (SSSR count). The third kappa shape index (κ3) is 9.90. The van der Waals surface area contributed by atoms with Gasteiger partial charge in [0.25, 0.3) is 5.91 Å². The van der Waals surface area contributed by atoms with Crippen LogP contribution in [0.3, 0.4) is 0 Å². The van der Waals surface area contributed by atoms with Gasteiger partial charge in [-0.2, -0.15) is 0 Å². The predicted octanol–water partition coefficient (Wildman–Crippen LogP) is 9.11. The lowest BCUT2D eigenvalue weighted by Crippen LogP contribution is -2.35.